The van der Waals surface area contributed by atoms with Gasteiger partial charge in [-0.25, -0.2) is 0 Å². The number of anilines is 1. The summed E-state index contributed by atoms with van der Waals surface area (Å²) in [6.07, 6.45) is 3.01. The lowest BCUT2D eigenvalue weighted by Crippen LogP contribution is -2.37. The highest BCUT2D eigenvalue weighted by atomic mass is 16.2. The van der Waals surface area contributed by atoms with Crippen LogP contribution < -0.4 is 5.32 Å². The molecule has 2 aliphatic carbocycles. The van der Waals surface area contributed by atoms with Crippen LogP contribution in [-0.2, 0) is 11.3 Å². The zero-order valence-corrected chi connectivity index (χ0v) is 17.0. The predicted molar refractivity (Wildman–Crippen MR) is 116 cm³/mol. The Hall–Kier alpha value is -2.55. The first kappa shape index (κ1) is 17.5. The van der Waals surface area contributed by atoms with Gasteiger partial charge in [0.15, 0.2) is 0 Å². The van der Waals surface area contributed by atoms with Crippen molar-refractivity contribution in [1.29, 1.82) is 0 Å². The van der Waals surface area contributed by atoms with Gasteiger partial charge in [-0.2, -0.15) is 0 Å². The molecule has 2 atom stereocenters. The molecule has 2 bridgehead atoms. The molecule has 1 heterocycles. The van der Waals surface area contributed by atoms with Gasteiger partial charge in [0.1, 0.15) is 0 Å². The van der Waals surface area contributed by atoms with Crippen molar-refractivity contribution in [2.75, 3.05) is 5.32 Å². The Morgan fingerprint density at radius 3 is 2.64 bits per heavy atom. The van der Waals surface area contributed by atoms with E-state index in [4.69, 9.17) is 0 Å². The minimum atomic E-state index is -0.388. The van der Waals surface area contributed by atoms with Crippen molar-refractivity contribution < 1.29 is 4.79 Å². The molecule has 2 saturated carbocycles. The number of rotatable bonds is 3. The van der Waals surface area contributed by atoms with Crippen LogP contribution in [0.4, 0.5) is 5.69 Å². The summed E-state index contributed by atoms with van der Waals surface area (Å²) >= 11 is 0. The van der Waals surface area contributed by atoms with Crippen LogP contribution in [0.1, 0.15) is 40.0 Å². The zero-order valence-electron chi connectivity index (χ0n) is 17.0. The molecule has 3 heteroatoms. The minimum Gasteiger partial charge on any atom is -0.341 e. The second-order valence-electron chi connectivity index (χ2n) is 9.17. The molecule has 28 heavy (non-hydrogen) atoms. The maximum absolute atomic E-state index is 13.4. The summed E-state index contributed by atoms with van der Waals surface area (Å²) in [5.41, 5.74) is 4.14. The average molecular weight is 373 g/mol. The lowest BCUT2D eigenvalue weighted by Gasteiger charge is -2.37. The van der Waals surface area contributed by atoms with Crippen molar-refractivity contribution in [3.05, 3.63) is 54.6 Å². The Labute approximate surface area is 166 Å². The number of hydrogen-bond donors (Lipinski definition) is 1. The third-order valence-corrected chi connectivity index (χ3v) is 7.67. The molecule has 3 aromatic rings. The van der Waals surface area contributed by atoms with Crippen LogP contribution in [0.2, 0.25) is 0 Å². The molecule has 1 amide bonds. The molecule has 5 rings (SSSR count). The number of carbonyl (C=O) groups excluding carboxylic acids is 1. The van der Waals surface area contributed by atoms with Crippen LogP contribution in [0.3, 0.4) is 0 Å². The van der Waals surface area contributed by atoms with Crippen LogP contribution in [0, 0.1) is 16.7 Å². The molecule has 1 N–H and O–H groups in total. The van der Waals surface area contributed by atoms with Crippen LogP contribution >= 0.6 is 0 Å². The lowest BCUT2D eigenvalue weighted by atomic mass is 9.68. The van der Waals surface area contributed by atoms with E-state index < -0.39 is 0 Å². The zero-order chi connectivity index (χ0) is 19.7. The molecule has 2 unspecified atom stereocenters. The van der Waals surface area contributed by atoms with Crippen molar-refractivity contribution in [2.24, 2.45) is 16.7 Å². The first-order valence-electron chi connectivity index (χ1n) is 10.4. The van der Waals surface area contributed by atoms with E-state index in [-0.39, 0.29) is 16.7 Å². The van der Waals surface area contributed by atoms with Crippen molar-refractivity contribution in [1.82, 2.24) is 4.57 Å². The summed E-state index contributed by atoms with van der Waals surface area (Å²) < 4.78 is 2.33. The summed E-state index contributed by atoms with van der Waals surface area (Å²) in [5.74, 6) is 0.708. The molecule has 0 aliphatic heterocycles. The Balaban J connectivity index is 1.54. The molecular formula is C25H28N2O. The largest absolute Gasteiger partial charge is 0.341 e. The third kappa shape index (κ3) is 2.13. The SMILES string of the molecule is C=C1C2(C(=O)Nc3ccc4c(c3)c3ccccc3n4CC)CCC(C2)C1(C)C. The van der Waals surface area contributed by atoms with Gasteiger partial charge < -0.3 is 9.88 Å². The van der Waals surface area contributed by atoms with Crippen LogP contribution in [0.15, 0.2) is 54.6 Å². The van der Waals surface area contributed by atoms with Crippen molar-refractivity contribution in [3.8, 4) is 0 Å². The summed E-state index contributed by atoms with van der Waals surface area (Å²) in [7, 11) is 0. The fraction of sp³-hybridized carbons (Fsp3) is 0.400. The van der Waals surface area contributed by atoms with E-state index in [0.717, 1.165) is 37.1 Å². The minimum absolute atomic E-state index is 0.0636. The van der Waals surface area contributed by atoms with Crippen molar-refractivity contribution in [2.45, 2.75) is 46.6 Å². The van der Waals surface area contributed by atoms with Crippen LogP contribution in [-0.4, -0.2) is 10.5 Å². The van der Waals surface area contributed by atoms with E-state index in [1.54, 1.807) is 0 Å². The Bertz CT molecular complexity index is 1140. The normalized spacial score (nSPS) is 25.7. The number of hydrogen-bond acceptors (Lipinski definition) is 1. The highest BCUT2D eigenvalue weighted by Gasteiger charge is 2.60. The molecule has 2 aliphatic rings. The number of benzene rings is 2. The van der Waals surface area contributed by atoms with Gasteiger partial charge in [0, 0.05) is 34.0 Å². The van der Waals surface area contributed by atoms with Crippen molar-refractivity contribution >= 4 is 33.4 Å². The van der Waals surface area contributed by atoms with E-state index in [1.165, 1.54) is 21.8 Å². The quantitative estimate of drug-likeness (QED) is 0.551. The number of aromatic nitrogens is 1. The third-order valence-electron chi connectivity index (χ3n) is 7.67. The molecule has 1 aromatic heterocycles. The van der Waals surface area contributed by atoms with Gasteiger partial charge in [0.2, 0.25) is 5.91 Å². The molecular weight excluding hydrogens is 344 g/mol. The number of amides is 1. The number of nitrogens with zero attached hydrogens (tertiary/aromatic N) is 1. The van der Waals surface area contributed by atoms with Crippen LogP contribution in [0.5, 0.6) is 0 Å². The molecule has 0 saturated heterocycles. The second kappa shape index (κ2) is 5.73. The number of aryl methyl sites for hydroxylation is 1. The molecule has 144 valence electrons. The Morgan fingerprint density at radius 2 is 1.93 bits per heavy atom. The molecule has 2 fully saturated rings. The predicted octanol–water partition coefficient (Wildman–Crippen LogP) is 6.14. The fourth-order valence-corrected chi connectivity index (χ4v) is 5.86. The lowest BCUT2D eigenvalue weighted by molar-refractivity contribution is -0.123. The highest BCUT2D eigenvalue weighted by molar-refractivity contribution is 6.10. The molecule has 0 radical (unpaired) electrons. The van der Waals surface area contributed by atoms with Gasteiger partial charge in [-0.15, -0.1) is 0 Å². The second-order valence-corrected chi connectivity index (χ2v) is 9.17. The Morgan fingerprint density at radius 1 is 1.18 bits per heavy atom. The van der Waals surface area contributed by atoms with E-state index in [9.17, 15) is 4.79 Å². The summed E-state index contributed by atoms with van der Waals surface area (Å²) in [6.45, 7) is 12.0. The number of nitrogens with one attached hydrogen (secondary N) is 1. The summed E-state index contributed by atoms with van der Waals surface area (Å²) in [6, 6.07) is 14.8. The highest BCUT2D eigenvalue weighted by Crippen LogP contribution is 2.65. The monoisotopic (exact) mass is 372 g/mol. The van der Waals surface area contributed by atoms with Crippen LogP contribution in [0.25, 0.3) is 21.8 Å². The average Bonchev–Trinajstić information content (AvgIpc) is 3.32. The number of para-hydroxylation sites is 1. The maximum atomic E-state index is 13.4. The van der Waals surface area contributed by atoms with Gasteiger partial charge in [-0.3, -0.25) is 4.79 Å². The number of fused-ring (bicyclic) bond motifs is 5. The maximum Gasteiger partial charge on any atom is 0.234 e. The van der Waals surface area contributed by atoms with E-state index in [0.29, 0.717) is 5.92 Å². The van der Waals surface area contributed by atoms with E-state index in [2.05, 4.69) is 73.6 Å². The number of carbonyl (C=O) groups is 1. The van der Waals surface area contributed by atoms with Gasteiger partial charge in [-0.1, -0.05) is 44.2 Å². The summed E-state index contributed by atoms with van der Waals surface area (Å²) in [5, 5.41) is 5.68. The van der Waals surface area contributed by atoms with Crippen molar-refractivity contribution in [3.63, 3.8) is 0 Å². The fourth-order valence-electron chi connectivity index (χ4n) is 5.86. The first-order chi connectivity index (χ1) is 13.4. The smallest absolute Gasteiger partial charge is 0.234 e. The van der Waals surface area contributed by atoms with Gasteiger partial charge in [0.25, 0.3) is 0 Å². The molecule has 2 aromatic carbocycles. The standard InChI is InChI=1S/C25H28N2O/c1-5-27-21-9-7-6-8-19(21)20-14-18(10-11-22(20)27)26-23(28)25-13-12-17(15-25)24(3,4)16(25)2/h6-11,14,17H,2,5,12-13,15H2,1,3-4H3,(H,26,28). The topological polar surface area (TPSA) is 34.0 Å². The Kier molecular flexibility index (Phi) is 3.59. The molecule has 3 nitrogen and oxygen atoms in total. The van der Waals surface area contributed by atoms with Gasteiger partial charge in [-0.05, 0) is 61.8 Å². The summed E-state index contributed by atoms with van der Waals surface area (Å²) in [4.78, 5) is 13.4. The van der Waals surface area contributed by atoms with Gasteiger partial charge >= 0.3 is 0 Å². The van der Waals surface area contributed by atoms with E-state index >= 15 is 0 Å². The van der Waals surface area contributed by atoms with Gasteiger partial charge in [0.05, 0.1) is 5.41 Å². The van der Waals surface area contributed by atoms with E-state index in [1.807, 2.05) is 6.07 Å². The first-order valence-corrected chi connectivity index (χ1v) is 10.4. The molecule has 0 spiro atoms.